The van der Waals surface area contributed by atoms with Crippen molar-refractivity contribution in [1.82, 2.24) is 5.32 Å². The lowest BCUT2D eigenvalue weighted by Crippen LogP contribution is -2.31. The van der Waals surface area contributed by atoms with Crippen LogP contribution in [0.1, 0.15) is 42.7 Å². The van der Waals surface area contributed by atoms with Crippen molar-refractivity contribution in [2.24, 2.45) is 5.92 Å². The van der Waals surface area contributed by atoms with Crippen LogP contribution < -0.4 is 5.32 Å². The highest BCUT2D eigenvalue weighted by atomic mass is 32.2. The lowest BCUT2D eigenvalue weighted by Gasteiger charge is -2.27. The van der Waals surface area contributed by atoms with Gasteiger partial charge in [-0.2, -0.15) is 11.8 Å². The van der Waals surface area contributed by atoms with E-state index in [0.29, 0.717) is 0 Å². The molecule has 104 valence electrons. The smallest absolute Gasteiger partial charge is 0.00173 e. The molecular weight excluding hydrogens is 250 g/mol. The summed E-state index contributed by atoms with van der Waals surface area (Å²) in [7, 11) is 0. The topological polar surface area (TPSA) is 12.0 Å². The summed E-state index contributed by atoms with van der Waals surface area (Å²) in [5.41, 5.74) is 3.29. The maximum atomic E-state index is 3.55. The van der Waals surface area contributed by atoms with Crippen molar-refractivity contribution < 1.29 is 0 Å². The third-order valence-corrected chi connectivity index (χ3v) is 5.67. The molecule has 0 aliphatic carbocycles. The zero-order chi connectivity index (χ0) is 12.9. The molecule has 1 nitrogen and oxygen atoms in total. The van der Waals surface area contributed by atoms with Crippen LogP contribution in [0.5, 0.6) is 0 Å². The van der Waals surface area contributed by atoms with Crippen LogP contribution in [0.25, 0.3) is 0 Å². The largest absolute Gasteiger partial charge is 0.316 e. The molecular formula is C17H25NS. The number of hydrogen-bond acceptors (Lipinski definition) is 2. The second-order valence-electron chi connectivity index (χ2n) is 6.00. The Balaban J connectivity index is 1.72. The summed E-state index contributed by atoms with van der Waals surface area (Å²) in [5.74, 6) is 4.38. The summed E-state index contributed by atoms with van der Waals surface area (Å²) in [5, 5.41) is 3.55. The lowest BCUT2D eigenvalue weighted by atomic mass is 9.84. The van der Waals surface area contributed by atoms with Crippen LogP contribution in [0.15, 0.2) is 24.3 Å². The summed E-state index contributed by atoms with van der Waals surface area (Å²) in [4.78, 5) is 0. The second kappa shape index (κ2) is 6.81. The number of nitrogens with one attached hydrogen (secondary N) is 1. The second-order valence-corrected chi connectivity index (χ2v) is 7.23. The zero-order valence-electron chi connectivity index (χ0n) is 11.7. The van der Waals surface area contributed by atoms with E-state index in [9.17, 15) is 0 Å². The van der Waals surface area contributed by atoms with Crippen LogP contribution in [0.3, 0.4) is 0 Å². The van der Waals surface area contributed by atoms with E-state index in [4.69, 9.17) is 0 Å². The molecule has 1 aromatic rings. The molecule has 1 aromatic carbocycles. The molecule has 2 saturated heterocycles. The van der Waals surface area contributed by atoms with Crippen molar-refractivity contribution >= 4 is 11.8 Å². The molecule has 0 bridgehead atoms. The van der Waals surface area contributed by atoms with Crippen molar-refractivity contribution in [1.29, 1.82) is 0 Å². The van der Waals surface area contributed by atoms with Gasteiger partial charge >= 0.3 is 0 Å². The van der Waals surface area contributed by atoms with Crippen LogP contribution in [0, 0.1) is 5.92 Å². The molecule has 2 aliphatic rings. The van der Waals surface area contributed by atoms with Gasteiger partial charge in [0, 0.05) is 0 Å². The average molecular weight is 275 g/mol. The van der Waals surface area contributed by atoms with Gasteiger partial charge in [0.15, 0.2) is 0 Å². The predicted octanol–water partition coefficient (Wildman–Crippen LogP) is 3.84. The third-order valence-electron chi connectivity index (χ3n) is 4.62. The molecule has 1 atom stereocenters. The first-order valence-corrected chi connectivity index (χ1v) is 8.95. The summed E-state index contributed by atoms with van der Waals surface area (Å²) in [6, 6.07) is 9.24. The maximum Gasteiger partial charge on any atom is -0.00173 e. The third kappa shape index (κ3) is 3.55. The van der Waals surface area contributed by atoms with Gasteiger partial charge in [-0.15, -0.1) is 0 Å². The summed E-state index contributed by atoms with van der Waals surface area (Å²) >= 11 is 2.12. The minimum atomic E-state index is 0.828. The van der Waals surface area contributed by atoms with Crippen LogP contribution in [-0.4, -0.2) is 24.6 Å². The number of hydrogen-bond donors (Lipinski definition) is 1. The highest BCUT2D eigenvalue weighted by molar-refractivity contribution is 7.99. The lowest BCUT2D eigenvalue weighted by molar-refractivity contribution is 0.374. The van der Waals surface area contributed by atoms with Crippen molar-refractivity contribution in [3.05, 3.63) is 35.4 Å². The maximum absolute atomic E-state index is 3.55. The summed E-state index contributed by atoms with van der Waals surface area (Å²) < 4.78 is 0. The molecule has 2 fully saturated rings. The highest BCUT2D eigenvalue weighted by Crippen LogP contribution is 2.34. The Morgan fingerprint density at radius 1 is 1.11 bits per heavy atom. The monoisotopic (exact) mass is 275 g/mol. The van der Waals surface area contributed by atoms with Gasteiger partial charge in [0.05, 0.1) is 0 Å². The van der Waals surface area contributed by atoms with Crippen LogP contribution >= 0.6 is 11.8 Å². The first-order valence-electron chi connectivity index (χ1n) is 7.80. The summed E-state index contributed by atoms with van der Waals surface area (Å²) in [6.45, 7) is 2.44. The van der Waals surface area contributed by atoms with Gasteiger partial charge in [-0.3, -0.25) is 0 Å². The first kappa shape index (κ1) is 13.5. The van der Waals surface area contributed by atoms with E-state index in [0.717, 1.165) is 11.8 Å². The molecule has 0 saturated carbocycles. The molecule has 0 radical (unpaired) electrons. The molecule has 2 heteroatoms. The molecule has 2 heterocycles. The molecule has 0 amide bonds. The number of rotatable bonds is 3. The number of piperidine rings is 1. The number of benzene rings is 1. The quantitative estimate of drug-likeness (QED) is 0.899. The van der Waals surface area contributed by atoms with Gasteiger partial charge in [-0.25, -0.2) is 0 Å². The van der Waals surface area contributed by atoms with E-state index in [1.807, 2.05) is 0 Å². The predicted molar refractivity (Wildman–Crippen MR) is 85.0 cm³/mol. The van der Waals surface area contributed by atoms with Crippen molar-refractivity contribution in [2.45, 2.75) is 38.0 Å². The van der Waals surface area contributed by atoms with Gasteiger partial charge in [-0.1, -0.05) is 24.3 Å². The molecule has 2 aliphatic heterocycles. The van der Waals surface area contributed by atoms with E-state index >= 15 is 0 Å². The van der Waals surface area contributed by atoms with Crippen molar-refractivity contribution in [3.8, 4) is 0 Å². The van der Waals surface area contributed by atoms with Crippen LogP contribution in [0.4, 0.5) is 0 Å². The Bertz CT molecular complexity index is 392. The zero-order valence-corrected chi connectivity index (χ0v) is 12.6. The van der Waals surface area contributed by atoms with Gasteiger partial charge < -0.3 is 5.32 Å². The van der Waals surface area contributed by atoms with E-state index < -0.39 is 0 Å². The van der Waals surface area contributed by atoms with E-state index in [-0.39, 0.29) is 0 Å². The van der Waals surface area contributed by atoms with Gasteiger partial charge in [0.1, 0.15) is 0 Å². The normalized spacial score (nSPS) is 25.4. The Hall–Kier alpha value is -0.470. The molecule has 1 N–H and O–H groups in total. The van der Waals surface area contributed by atoms with Crippen LogP contribution in [0.2, 0.25) is 0 Å². The fourth-order valence-electron chi connectivity index (χ4n) is 3.54. The van der Waals surface area contributed by atoms with Gasteiger partial charge in [0.25, 0.3) is 0 Å². The minimum absolute atomic E-state index is 0.828. The Morgan fingerprint density at radius 2 is 1.95 bits per heavy atom. The standard InChI is InChI=1S/C17H25NS/c1-2-6-17(15-7-10-19-11-8-15)16(5-1)12-14-4-3-9-18-13-14/h1-2,5-6,14-15,18H,3-4,7-13H2. The molecule has 1 unspecified atom stereocenters. The fraction of sp³-hybridized carbons (Fsp3) is 0.647. The molecule has 3 rings (SSSR count). The molecule has 0 aromatic heterocycles. The van der Waals surface area contributed by atoms with E-state index in [2.05, 4.69) is 41.3 Å². The summed E-state index contributed by atoms with van der Waals surface area (Å²) in [6.07, 6.45) is 6.80. The first-order chi connectivity index (χ1) is 9.43. The Morgan fingerprint density at radius 3 is 2.74 bits per heavy atom. The van der Waals surface area contributed by atoms with Crippen molar-refractivity contribution in [3.63, 3.8) is 0 Å². The highest BCUT2D eigenvalue weighted by Gasteiger charge is 2.20. The molecule has 19 heavy (non-hydrogen) atoms. The SMILES string of the molecule is c1ccc(C2CCSCC2)c(CC2CCCNC2)c1. The van der Waals surface area contributed by atoms with E-state index in [1.54, 1.807) is 11.1 Å². The van der Waals surface area contributed by atoms with E-state index in [1.165, 1.54) is 56.7 Å². The Kier molecular flexibility index (Phi) is 4.84. The number of thioether (sulfide) groups is 1. The van der Waals surface area contributed by atoms with Gasteiger partial charge in [-0.05, 0) is 79.7 Å². The van der Waals surface area contributed by atoms with Gasteiger partial charge in [0.2, 0.25) is 0 Å². The Labute approximate surface area is 121 Å². The fourth-order valence-corrected chi connectivity index (χ4v) is 4.64. The van der Waals surface area contributed by atoms with Crippen LogP contribution in [-0.2, 0) is 6.42 Å². The minimum Gasteiger partial charge on any atom is -0.316 e. The van der Waals surface area contributed by atoms with Crippen molar-refractivity contribution in [2.75, 3.05) is 24.6 Å². The molecule has 0 spiro atoms. The average Bonchev–Trinajstić information content (AvgIpc) is 2.50.